The van der Waals surface area contributed by atoms with Crippen LogP contribution in [0.5, 0.6) is 0 Å². The molecule has 1 aromatic carbocycles. The lowest BCUT2D eigenvalue weighted by Crippen LogP contribution is -2.00. The van der Waals surface area contributed by atoms with Gasteiger partial charge in [-0.15, -0.1) is 5.10 Å². The van der Waals surface area contributed by atoms with E-state index in [2.05, 4.69) is 20.3 Å². The van der Waals surface area contributed by atoms with Crippen molar-refractivity contribution in [3.63, 3.8) is 0 Å². The van der Waals surface area contributed by atoms with Crippen LogP contribution in [0.3, 0.4) is 0 Å². The number of aromatic nitrogens is 5. The number of rotatable bonds is 2. The maximum atomic E-state index is 13.0. The summed E-state index contributed by atoms with van der Waals surface area (Å²) < 4.78 is 27.5. The minimum Gasteiger partial charge on any atom is -0.276 e. The van der Waals surface area contributed by atoms with Crippen LogP contribution < -0.4 is 0 Å². The highest BCUT2D eigenvalue weighted by Crippen LogP contribution is 2.32. The van der Waals surface area contributed by atoms with E-state index in [4.69, 9.17) is 11.6 Å². The first-order valence-electron chi connectivity index (χ1n) is 7.23. The molecule has 4 rings (SSSR count). The lowest BCUT2D eigenvalue weighted by molar-refractivity contribution is 0.140. The van der Waals surface area contributed by atoms with Crippen molar-refractivity contribution in [2.75, 3.05) is 0 Å². The fourth-order valence-corrected chi connectivity index (χ4v) is 3.23. The topological polar surface area (TPSA) is 58.9 Å². The molecule has 4 aromatic rings. The van der Waals surface area contributed by atoms with Crippen LogP contribution in [0.4, 0.5) is 8.78 Å². The fourth-order valence-electron chi connectivity index (χ4n) is 2.96. The molecule has 1 N–H and O–H groups in total. The number of aromatic amines is 1. The van der Waals surface area contributed by atoms with Gasteiger partial charge >= 0.3 is 0 Å². The molecular formula is C16H12ClF2N5. The van der Waals surface area contributed by atoms with E-state index < -0.39 is 12.2 Å². The van der Waals surface area contributed by atoms with Crippen LogP contribution in [0, 0.1) is 13.8 Å². The molecule has 0 saturated heterocycles. The van der Waals surface area contributed by atoms with Gasteiger partial charge in [0.25, 0.3) is 6.43 Å². The van der Waals surface area contributed by atoms with Crippen LogP contribution in [0.25, 0.3) is 27.8 Å². The Morgan fingerprint density at radius 1 is 1.17 bits per heavy atom. The highest BCUT2D eigenvalue weighted by atomic mass is 35.5. The molecule has 3 aromatic heterocycles. The fraction of sp³-hybridized carbons (Fsp3) is 0.188. The smallest absolute Gasteiger partial charge is 0.276 e. The number of H-pyrrole nitrogens is 1. The molecule has 24 heavy (non-hydrogen) atoms. The number of halogens is 3. The first kappa shape index (κ1) is 15.0. The van der Waals surface area contributed by atoms with E-state index in [0.717, 1.165) is 27.6 Å². The Morgan fingerprint density at radius 3 is 2.71 bits per heavy atom. The number of nitrogens with zero attached hydrogens (tertiary/aromatic N) is 4. The van der Waals surface area contributed by atoms with E-state index in [9.17, 15) is 8.78 Å². The maximum Gasteiger partial charge on any atom is 0.299 e. The lowest BCUT2D eigenvalue weighted by atomic mass is 10.0. The summed E-state index contributed by atoms with van der Waals surface area (Å²) in [5.74, 6) is -0.486. The highest BCUT2D eigenvalue weighted by molar-refractivity contribution is 6.35. The van der Waals surface area contributed by atoms with Gasteiger partial charge in [-0.3, -0.25) is 5.10 Å². The number of fused-ring (bicyclic) bond motifs is 2. The number of benzene rings is 1. The van der Waals surface area contributed by atoms with Crippen molar-refractivity contribution in [1.29, 1.82) is 0 Å². The van der Waals surface area contributed by atoms with Gasteiger partial charge in [0.15, 0.2) is 5.65 Å². The Labute approximate surface area is 140 Å². The number of nitrogens with one attached hydrogen (secondary N) is 1. The number of aryl methyl sites for hydroxylation is 2. The molecule has 0 amide bonds. The Hall–Kier alpha value is -2.54. The number of hydrogen-bond donors (Lipinski definition) is 1. The summed E-state index contributed by atoms with van der Waals surface area (Å²) >= 11 is 6.31. The van der Waals surface area contributed by atoms with Crippen LogP contribution in [0.2, 0.25) is 5.02 Å². The van der Waals surface area contributed by atoms with Gasteiger partial charge in [0.05, 0.1) is 22.4 Å². The summed E-state index contributed by atoms with van der Waals surface area (Å²) in [6, 6.07) is 5.57. The van der Waals surface area contributed by atoms with Crippen molar-refractivity contribution >= 4 is 28.2 Å². The molecule has 0 radical (unpaired) electrons. The van der Waals surface area contributed by atoms with Crippen LogP contribution in [-0.2, 0) is 0 Å². The molecule has 0 aliphatic rings. The largest absolute Gasteiger partial charge is 0.299 e. The summed E-state index contributed by atoms with van der Waals surface area (Å²) in [6.45, 7) is 3.72. The second-order valence-electron chi connectivity index (χ2n) is 5.66. The SMILES string of the molecule is Cc1cc(C)c2nc(C(F)F)nn2c1-c1cc(Cl)c2[nH]ncc2c1. The Kier molecular flexibility index (Phi) is 3.28. The second kappa shape index (κ2) is 5.24. The molecule has 0 atom stereocenters. The first-order valence-corrected chi connectivity index (χ1v) is 7.61. The minimum absolute atomic E-state index is 0.411. The molecule has 0 fully saturated rings. The summed E-state index contributed by atoms with van der Waals surface area (Å²) in [7, 11) is 0. The van der Waals surface area contributed by atoms with E-state index in [1.165, 1.54) is 4.52 Å². The van der Waals surface area contributed by atoms with Crippen LogP contribution in [0.15, 0.2) is 24.4 Å². The highest BCUT2D eigenvalue weighted by Gasteiger charge is 2.19. The van der Waals surface area contributed by atoms with E-state index in [1.807, 2.05) is 26.0 Å². The average Bonchev–Trinajstić information content (AvgIpc) is 3.14. The molecule has 122 valence electrons. The van der Waals surface area contributed by atoms with Gasteiger partial charge in [-0.25, -0.2) is 18.3 Å². The molecule has 5 nitrogen and oxygen atoms in total. The average molecular weight is 348 g/mol. The zero-order valence-electron chi connectivity index (χ0n) is 12.8. The summed E-state index contributed by atoms with van der Waals surface area (Å²) in [4.78, 5) is 3.96. The van der Waals surface area contributed by atoms with Crippen molar-refractivity contribution in [3.8, 4) is 11.3 Å². The van der Waals surface area contributed by atoms with E-state index in [0.29, 0.717) is 16.4 Å². The van der Waals surface area contributed by atoms with Gasteiger partial charge in [0, 0.05) is 10.9 Å². The number of alkyl halides is 2. The zero-order valence-corrected chi connectivity index (χ0v) is 13.6. The quantitative estimate of drug-likeness (QED) is 0.581. The molecule has 0 aliphatic carbocycles. The van der Waals surface area contributed by atoms with Crippen LogP contribution >= 0.6 is 11.6 Å². The molecule has 0 aliphatic heterocycles. The standard InChI is InChI=1S/C16H12ClF2N5/c1-7-3-8(2)16-21-15(14(18)19)23-24(16)13(7)9-4-10-6-20-22-12(10)11(17)5-9/h3-6,14H,1-2H3,(H,20,22). The Morgan fingerprint density at radius 2 is 1.96 bits per heavy atom. The van der Waals surface area contributed by atoms with E-state index in [-0.39, 0.29) is 0 Å². The van der Waals surface area contributed by atoms with E-state index >= 15 is 0 Å². The Bertz CT molecular complexity index is 1080. The lowest BCUT2D eigenvalue weighted by Gasteiger charge is -2.11. The first-order chi connectivity index (χ1) is 11.5. The predicted octanol–water partition coefficient (Wildman–Crippen LogP) is 4.48. The molecule has 0 bridgehead atoms. The minimum atomic E-state index is -2.72. The summed E-state index contributed by atoms with van der Waals surface area (Å²) in [5, 5.41) is 12.1. The predicted molar refractivity (Wildman–Crippen MR) is 87.5 cm³/mol. The summed E-state index contributed by atoms with van der Waals surface area (Å²) in [6.07, 6.45) is -1.06. The van der Waals surface area contributed by atoms with Crippen molar-refractivity contribution in [2.45, 2.75) is 20.3 Å². The Balaban J connectivity index is 2.07. The van der Waals surface area contributed by atoms with Gasteiger partial charge in [-0.1, -0.05) is 17.7 Å². The van der Waals surface area contributed by atoms with Gasteiger partial charge in [-0.2, -0.15) is 5.10 Å². The molecule has 3 heterocycles. The molecular weight excluding hydrogens is 336 g/mol. The van der Waals surface area contributed by atoms with Gasteiger partial charge in [-0.05, 0) is 37.1 Å². The van der Waals surface area contributed by atoms with Crippen LogP contribution in [-0.4, -0.2) is 24.8 Å². The normalized spacial score (nSPS) is 11.9. The third-order valence-corrected chi connectivity index (χ3v) is 4.26. The van der Waals surface area contributed by atoms with Gasteiger partial charge in [0.2, 0.25) is 5.82 Å². The monoisotopic (exact) mass is 347 g/mol. The third kappa shape index (κ3) is 2.16. The van der Waals surface area contributed by atoms with Crippen LogP contribution in [0.1, 0.15) is 23.4 Å². The van der Waals surface area contributed by atoms with Crippen molar-refractivity contribution < 1.29 is 8.78 Å². The molecule has 0 unspecified atom stereocenters. The number of pyridine rings is 1. The van der Waals surface area contributed by atoms with Gasteiger partial charge in [0.1, 0.15) is 0 Å². The third-order valence-electron chi connectivity index (χ3n) is 3.96. The number of hydrogen-bond acceptors (Lipinski definition) is 3. The van der Waals surface area contributed by atoms with Gasteiger partial charge < -0.3 is 0 Å². The molecule has 0 saturated carbocycles. The molecule has 8 heteroatoms. The van der Waals surface area contributed by atoms with Crippen molar-refractivity contribution in [3.05, 3.63) is 46.4 Å². The second-order valence-corrected chi connectivity index (χ2v) is 6.06. The maximum absolute atomic E-state index is 13.0. The summed E-state index contributed by atoms with van der Waals surface area (Å²) in [5.41, 5.74) is 4.26. The zero-order chi connectivity index (χ0) is 17.0. The molecule has 0 spiro atoms. The van der Waals surface area contributed by atoms with E-state index in [1.54, 1.807) is 12.3 Å². The van der Waals surface area contributed by atoms with Crippen molar-refractivity contribution in [2.24, 2.45) is 0 Å². The van der Waals surface area contributed by atoms with Crippen molar-refractivity contribution in [1.82, 2.24) is 24.8 Å².